The first-order valence-electron chi connectivity index (χ1n) is 8.99. The maximum absolute atomic E-state index is 12.6. The van der Waals surface area contributed by atoms with E-state index in [-0.39, 0.29) is 24.1 Å². The van der Waals surface area contributed by atoms with E-state index >= 15 is 0 Å². The highest BCUT2D eigenvalue weighted by Gasteiger charge is 2.17. The molecule has 0 aliphatic heterocycles. The summed E-state index contributed by atoms with van der Waals surface area (Å²) in [6.07, 6.45) is 9.72. The molecule has 1 amide bonds. The molecule has 136 valence electrons. The van der Waals surface area contributed by atoms with E-state index in [0.717, 1.165) is 25.7 Å². The van der Waals surface area contributed by atoms with Crippen molar-refractivity contribution in [2.45, 2.75) is 51.1 Å². The molecule has 8 heteroatoms. The van der Waals surface area contributed by atoms with E-state index in [1.165, 1.54) is 28.4 Å². The third-order valence-corrected chi connectivity index (χ3v) is 4.78. The van der Waals surface area contributed by atoms with Crippen molar-refractivity contribution in [3.63, 3.8) is 0 Å². The van der Waals surface area contributed by atoms with Crippen LogP contribution in [0.3, 0.4) is 0 Å². The number of hydrogen-bond donors (Lipinski definition) is 1. The summed E-state index contributed by atoms with van der Waals surface area (Å²) in [6, 6.07) is 5.37. The molecule has 0 spiro atoms. The number of rotatable bonds is 4. The first-order chi connectivity index (χ1) is 12.7. The van der Waals surface area contributed by atoms with E-state index in [0.29, 0.717) is 17.0 Å². The minimum atomic E-state index is -0.353. The summed E-state index contributed by atoms with van der Waals surface area (Å²) < 4.78 is 7.89. The zero-order valence-electron chi connectivity index (χ0n) is 14.4. The SMILES string of the molecule is O=C(Cn1ncn2nc(-c3ccco3)cc2c1=O)NC1CCCCCC1. The Balaban J connectivity index is 1.52. The van der Waals surface area contributed by atoms with Crippen molar-refractivity contribution in [2.75, 3.05) is 0 Å². The minimum Gasteiger partial charge on any atom is -0.463 e. The van der Waals surface area contributed by atoms with Gasteiger partial charge in [0.2, 0.25) is 5.91 Å². The number of fused-ring (bicyclic) bond motifs is 1. The second kappa shape index (κ2) is 7.15. The van der Waals surface area contributed by atoms with Crippen molar-refractivity contribution in [3.05, 3.63) is 41.1 Å². The van der Waals surface area contributed by atoms with Gasteiger partial charge in [-0.2, -0.15) is 10.2 Å². The third kappa shape index (κ3) is 3.40. The number of nitrogens with zero attached hydrogens (tertiary/aromatic N) is 4. The number of amides is 1. The van der Waals surface area contributed by atoms with Crippen molar-refractivity contribution >= 4 is 11.4 Å². The number of furan rings is 1. The third-order valence-electron chi connectivity index (χ3n) is 4.78. The Morgan fingerprint density at radius 3 is 2.81 bits per heavy atom. The molecule has 0 bridgehead atoms. The zero-order valence-corrected chi connectivity index (χ0v) is 14.4. The minimum absolute atomic E-state index is 0.0902. The van der Waals surface area contributed by atoms with Crippen LogP contribution in [0.1, 0.15) is 38.5 Å². The molecule has 3 aromatic heterocycles. The number of carbonyl (C=O) groups is 1. The van der Waals surface area contributed by atoms with Gasteiger partial charge in [0, 0.05) is 12.1 Å². The standard InChI is InChI=1S/C18H21N5O3/c24-17(20-13-6-3-1-2-4-7-13)11-22-18(25)15-10-14(16-8-5-9-26-16)21-23(15)12-19-22/h5,8-10,12-13H,1-4,6-7,11H2,(H,20,24). The second-order valence-corrected chi connectivity index (χ2v) is 6.69. The van der Waals surface area contributed by atoms with Gasteiger partial charge in [0.05, 0.1) is 6.26 Å². The number of carbonyl (C=O) groups excluding carboxylic acids is 1. The summed E-state index contributed by atoms with van der Waals surface area (Å²) in [6.45, 7) is -0.0902. The molecular weight excluding hydrogens is 334 g/mol. The van der Waals surface area contributed by atoms with E-state index in [4.69, 9.17) is 4.42 Å². The Morgan fingerprint density at radius 2 is 2.08 bits per heavy atom. The highest BCUT2D eigenvalue weighted by molar-refractivity contribution is 5.76. The molecule has 8 nitrogen and oxygen atoms in total. The first kappa shape index (κ1) is 16.6. The lowest BCUT2D eigenvalue weighted by atomic mass is 10.1. The van der Waals surface area contributed by atoms with E-state index < -0.39 is 0 Å². The molecule has 0 atom stereocenters. The normalized spacial score (nSPS) is 15.8. The van der Waals surface area contributed by atoms with Crippen LogP contribution in [-0.4, -0.2) is 31.3 Å². The fraction of sp³-hybridized carbons (Fsp3) is 0.444. The lowest BCUT2D eigenvalue weighted by molar-refractivity contribution is -0.122. The Bertz CT molecular complexity index is 949. The predicted octanol–water partition coefficient (Wildman–Crippen LogP) is 1.99. The second-order valence-electron chi connectivity index (χ2n) is 6.69. The van der Waals surface area contributed by atoms with Gasteiger partial charge in [-0.1, -0.05) is 25.7 Å². The maximum Gasteiger partial charge on any atom is 0.293 e. The van der Waals surface area contributed by atoms with E-state index in [2.05, 4.69) is 15.5 Å². The first-order valence-corrected chi connectivity index (χ1v) is 8.99. The van der Waals surface area contributed by atoms with Gasteiger partial charge in [-0.3, -0.25) is 9.59 Å². The Labute approximate surface area is 149 Å². The number of aromatic nitrogens is 4. The average Bonchev–Trinajstić information content (AvgIpc) is 3.24. The Hall–Kier alpha value is -2.90. The quantitative estimate of drug-likeness (QED) is 0.722. The molecule has 0 saturated heterocycles. The summed E-state index contributed by atoms with van der Waals surface area (Å²) in [5, 5.41) is 11.4. The topological polar surface area (TPSA) is 94.4 Å². The summed E-state index contributed by atoms with van der Waals surface area (Å²) in [5.41, 5.74) is 0.553. The monoisotopic (exact) mass is 355 g/mol. The van der Waals surface area contributed by atoms with Crippen LogP contribution in [0.15, 0.2) is 40.0 Å². The number of hydrogen-bond acceptors (Lipinski definition) is 5. The molecule has 0 aromatic carbocycles. The van der Waals surface area contributed by atoms with Gasteiger partial charge in [-0.05, 0) is 25.0 Å². The van der Waals surface area contributed by atoms with Crippen molar-refractivity contribution in [2.24, 2.45) is 0 Å². The predicted molar refractivity (Wildman–Crippen MR) is 94.6 cm³/mol. The molecule has 4 rings (SSSR count). The van der Waals surface area contributed by atoms with Crippen LogP contribution in [0, 0.1) is 0 Å². The molecule has 3 aromatic rings. The van der Waals surface area contributed by atoms with Crippen LogP contribution in [0.4, 0.5) is 0 Å². The molecule has 1 N–H and O–H groups in total. The highest BCUT2D eigenvalue weighted by Crippen LogP contribution is 2.18. The van der Waals surface area contributed by atoms with Gasteiger partial charge < -0.3 is 9.73 Å². The summed E-state index contributed by atoms with van der Waals surface area (Å²) >= 11 is 0. The Morgan fingerprint density at radius 1 is 1.27 bits per heavy atom. The van der Waals surface area contributed by atoms with Crippen LogP contribution in [0.5, 0.6) is 0 Å². The van der Waals surface area contributed by atoms with Gasteiger partial charge in [0.25, 0.3) is 5.56 Å². The molecule has 1 saturated carbocycles. The lowest BCUT2D eigenvalue weighted by Gasteiger charge is -2.16. The summed E-state index contributed by atoms with van der Waals surface area (Å²) in [5.74, 6) is 0.396. The van der Waals surface area contributed by atoms with Crippen LogP contribution in [0.2, 0.25) is 0 Å². The van der Waals surface area contributed by atoms with Gasteiger partial charge in [-0.15, -0.1) is 0 Å². The van der Waals surface area contributed by atoms with Crippen molar-refractivity contribution in [3.8, 4) is 11.5 Å². The summed E-state index contributed by atoms with van der Waals surface area (Å²) in [4.78, 5) is 24.9. The molecule has 1 aliphatic rings. The molecule has 26 heavy (non-hydrogen) atoms. The van der Waals surface area contributed by atoms with Gasteiger partial charge in [0.15, 0.2) is 5.76 Å². The maximum atomic E-state index is 12.6. The Kier molecular flexibility index (Phi) is 4.55. The molecule has 3 heterocycles. The molecule has 0 unspecified atom stereocenters. The average molecular weight is 355 g/mol. The van der Waals surface area contributed by atoms with E-state index in [9.17, 15) is 9.59 Å². The molecular formula is C18H21N5O3. The van der Waals surface area contributed by atoms with Crippen molar-refractivity contribution in [1.29, 1.82) is 0 Å². The highest BCUT2D eigenvalue weighted by atomic mass is 16.3. The zero-order chi connectivity index (χ0) is 17.9. The van der Waals surface area contributed by atoms with Gasteiger partial charge in [-0.25, -0.2) is 9.20 Å². The van der Waals surface area contributed by atoms with Gasteiger partial charge >= 0.3 is 0 Å². The lowest BCUT2D eigenvalue weighted by Crippen LogP contribution is -2.39. The van der Waals surface area contributed by atoms with Crippen LogP contribution < -0.4 is 10.9 Å². The fourth-order valence-electron chi connectivity index (χ4n) is 3.43. The van der Waals surface area contributed by atoms with Crippen LogP contribution in [0.25, 0.3) is 17.0 Å². The fourth-order valence-corrected chi connectivity index (χ4v) is 3.43. The van der Waals surface area contributed by atoms with Crippen LogP contribution >= 0.6 is 0 Å². The van der Waals surface area contributed by atoms with E-state index in [1.807, 2.05) is 0 Å². The molecule has 1 aliphatic carbocycles. The van der Waals surface area contributed by atoms with E-state index in [1.54, 1.807) is 24.5 Å². The largest absolute Gasteiger partial charge is 0.463 e. The molecule has 1 fully saturated rings. The van der Waals surface area contributed by atoms with Crippen molar-refractivity contribution < 1.29 is 9.21 Å². The molecule has 0 radical (unpaired) electrons. The van der Waals surface area contributed by atoms with Crippen LogP contribution in [-0.2, 0) is 11.3 Å². The smallest absolute Gasteiger partial charge is 0.293 e. The van der Waals surface area contributed by atoms with Gasteiger partial charge in [0.1, 0.15) is 24.1 Å². The van der Waals surface area contributed by atoms with Crippen molar-refractivity contribution in [1.82, 2.24) is 24.7 Å². The number of nitrogens with one attached hydrogen (secondary N) is 1. The summed E-state index contributed by atoms with van der Waals surface area (Å²) in [7, 11) is 0.